The minimum absolute atomic E-state index is 0. The molecule has 23 heavy (non-hydrogen) atoms. The lowest BCUT2D eigenvalue weighted by atomic mass is 10.1. The van der Waals surface area contributed by atoms with Crippen LogP contribution in [0.3, 0.4) is 0 Å². The van der Waals surface area contributed by atoms with Crippen molar-refractivity contribution in [2.75, 3.05) is 53.5 Å². The van der Waals surface area contributed by atoms with Gasteiger partial charge in [-0.25, -0.2) is 0 Å². The summed E-state index contributed by atoms with van der Waals surface area (Å²) < 4.78 is 5.08. The maximum atomic E-state index is 5.08. The van der Waals surface area contributed by atoms with E-state index >= 15 is 0 Å². The van der Waals surface area contributed by atoms with E-state index in [1.54, 1.807) is 18.4 Å². The van der Waals surface area contributed by atoms with E-state index in [-0.39, 0.29) is 24.0 Å². The molecule has 0 saturated carbocycles. The first-order valence-electron chi connectivity index (χ1n) is 7.90. The van der Waals surface area contributed by atoms with Crippen LogP contribution in [-0.4, -0.2) is 64.3 Å². The average Bonchev–Trinajstić information content (AvgIpc) is 3.04. The minimum atomic E-state index is 0. The van der Waals surface area contributed by atoms with Gasteiger partial charge in [0.15, 0.2) is 5.96 Å². The van der Waals surface area contributed by atoms with Crippen molar-refractivity contribution in [3.05, 3.63) is 22.4 Å². The normalized spacial score (nSPS) is 12.8. The van der Waals surface area contributed by atoms with E-state index in [1.807, 2.05) is 0 Å². The first-order valence-corrected chi connectivity index (χ1v) is 8.78. The number of nitrogens with one attached hydrogen (secondary N) is 2. The van der Waals surface area contributed by atoms with E-state index in [4.69, 9.17) is 4.74 Å². The summed E-state index contributed by atoms with van der Waals surface area (Å²) in [4.78, 5) is 8.32. The van der Waals surface area contributed by atoms with Crippen molar-refractivity contribution >= 4 is 41.3 Å². The molecule has 0 saturated heterocycles. The molecule has 1 aromatic rings. The second-order valence-electron chi connectivity index (χ2n) is 5.36. The summed E-state index contributed by atoms with van der Waals surface area (Å²) in [6.07, 6.45) is 0. The first kappa shape index (κ1) is 22.6. The van der Waals surface area contributed by atoms with E-state index in [0.29, 0.717) is 5.92 Å². The van der Waals surface area contributed by atoms with Gasteiger partial charge in [0.2, 0.25) is 0 Å². The van der Waals surface area contributed by atoms with Gasteiger partial charge < -0.3 is 20.3 Å². The Morgan fingerprint density at radius 1 is 1.39 bits per heavy atom. The molecule has 1 aromatic heterocycles. The van der Waals surface area contributed by atoms with Crippen molar-refractivity contribution in [1.82, 2.24) is 15.5 Å². The Balaban J connectivity index is 0.00000484. The summed E-state index contributed by atoms with van der Waals surface area (Å²) in [6, 6.07) is 4.27. The van der Waals surface area contributed by atoms with E-state index in [1.165, 1.54) is 4.88 Å². The Hall–Kier alpha value is -0.380. The van der Waals surface area contributed by atoms with Crippen LogP contribution in [0, 0.1) is 0 Å². The third kappa shape index (κ3) is 10.2. The molecule has 0 amide bonds. The summed E-state index contributed by atoms with van der Waals surface area (Å²) in [5.74, 6) is 1.35. The number of guanidine groups is 1. The van der Waals surface area contributed by atoms with Crippen LogP contribution >= 0.6 is 35.3 Å². The molecule has 5 nitrogen and oxygen atoms in total. The zero-order chi connectivity index (χ0) is 16.2. The smallest absolute Gasteiger partial charge is 0.191 e. The number of hydrogen-bond donors (Lipinski definition) is 2. The van der Waals surface area contributed by atoms with Gasteiger partial charge in [-0.15, -0.1) is 35.3 Å². The fourth-order valence-electron chi connectivity index (χ4n) is 1.96. The van der Waals surface area contributed by atoms with Crippen LogP contribution in [-0.2, 0) is 4.74 Å². The molecule has 1 atom stereocenters. The predicted octanol–water partition coefficient (Wildman–Crippen LogP) is 2.60. The summed E-state index contributed by atoms with van der Waals surface area (Å²) in [6.45, 7) is 9.54. The van der Waals surface area contributed by atoms with Crippen LogP contribution in [0.2, 0.25) is 0 Å². The molecule has 0 radical (unpaired) electrons. The Labute approximate surface area is 161 Å². The molecule has 0 bridgehead atoms. The van der Waals surface area contributed by atoms with Gasteiger partial charge >= 0.3 is 0 Å². The number of methoxy groups -OCH3 is 1. The maximum Gasteiger partial charge on any atom is 0.191 e. The van der Waals surface area contributed by atoms with Crippen LogP contribution in [0.15, 0.2) is 22.5 Å². The lowest BCUT2D eigenvalue weighted by Crippen LogP contribution is -2.41. The van der Waals surface area contributed by atoms with Gasteiger partial charge in [-0.1, -0.05) is 13.0 Å². The standard InChI is InChI=1S/C16H30N4OS.HI/c1-5-17-16(18-8-9-20(3)10-11-21-4)19-13-14(2)15-7-6-12-22-15;/h6-7,12,14H,5,8-11,13H2,1-4H3,(H2,17,18,19);1H. The van der Waals surface area contributed by atoms with Crippen LogP contribution in [0.1, 0.15) is 24.6 Å². The van der Waals surface area contributed by atoms with Gasteiger partial charge in [0.25, 0.3) is 0 Å². The fourth-order valence-corrected chi connectivity index (χ4v) is 2.73. The van der Waals surface area contributed by atoms with Crippen LogP contribution in [0.4, 0.5) is 0 Å². The fraction of sp³-hybridized carbons (Fsp3) is 0.688. The van der Waals surface area contributed by atoms with Crippen molar-refractivity contribution in [3.63, 3.8) is 0 Å². The Morgan fingerprint density at radius 2 is 2.17 bits per heavy atom. The average molecular weight is 454 g/mol. The number of likely N-dealkylation sites (N-methyl/N-ethyl adjacent to an activating group) is 1. The van der Waals surface area contributed by atoms with Gasteiger partial charge in [-0.3, -0.25) is 4.99 Å². The molecule has 0 aliphatic carbocycles. The second-order valence-corrected chi connectivity index (χ2v) is 6.34. The molecule has 1 heterocycles. The third-order valence-electron chi connectivity index (χ3n) is 3.36. The third-order valence-corrected chi connectivity index (χ3v) is 4.46. The SMILES string of the molecule is CCNC(=NCC(C)c1cccs1)NCCN(C)CCOC.I. The number of rotatable bonds is 10. The monoisotopic (exact) mass is 454 g/mol. The molecule has 7 heteroatoms. The number of hydrogen-bond acceptors (Lipinski definition) is 4. The molecule has 134 valence electrons. The lowest BCUT2D eigenvalue weighted by molar-refractivity contribution is 0.162. The number of ether oxygens (including phenoxy) is 1. The van der Waals surface area contributed by atoms with Crippen LogP contribution < -0.4 is 10.6 Å². The molecule has 0 spiro atoms. The molecule has 1 unspecified atom stereocenters. The molecule has 1 rings (SSSR count). The zero-order valence-electron chi connectivity index (χ0n) is 14.7. The number of halogens is 1. The van der Waals surface area contributed by atoms with Crippen molar-refractivity contribution in [3.8, 4) is 0 Å². The van der Waals surface area contributed by atoms with Gasteiger partial charge in [0.1, 0.15) is 0 Å². The van der Waals surface area contributed by atoms with E-state index in [9.17, 15) is 0 Å². The van der Waals surface area contributed by atoms with Gasteiger partial charge in [0.05, 0.1) is 13.2 Å². The topological polar surface area (TPSA) is 48.9 Å². The zero-order valence-corrected chi connectivity index (χ0v) is 17.8. The van der Waals surface area contributed by atoms with E-state index in [2.05, 4.69) is 58.9 Å². The lowest BCUT2D eigenvalue weighted by Gasteiger charge is -2.18. The summed E-state index contributed by atoms with van der Waals surface area (Å²) >= 11 is 1.80. The van der Waals surface area contributed by atoms with Gasteiger partial charge in [-0.05, 0) is 25.4 Å². The highest BCUT2D eigenvalue weighted by molar-refractivity contribution is 14.0. The number of nitrogens with zero attached hydrogens (tertiary/aromatic N) is 2. The van der Waals surface area contributed by atoms with Gasteiger partial charge in [0, 0.05) is 44.1 Å². The number of aliphatic imine (C=N–C) groups is 1. The molecule has 0 fully saturated rings. The highest BCUT2D eigenvalue weighted by atomic mass is 127. The van der Waals surface area contributed by atoms with Crippen molar-refractivity contribution < 1.29 is 4.74 Å². The highest BCUT2D eigenvalue weighted by Gasteiger charge is 2.06. The molecule has 0 aliphatic rings. The van der Waals surface area contributed by atoms with Crippen LogP contribution in [0.25, 0.3) is 0 Å². The molecular formula is C16H31IN4OS. The van der Waals surface area contributed by atoms with E-state index in [0.717, 1.165) is 45.3 Å². The van der Waals surface area contributed by atoms with Crippen LogP contribution in [0.5, 0.6) is 0 Å². The Bertz CT molecular complexity index is 414. The quantitative estimate of drug-likeness (QED) is 0.324. The number of thiophene rings is 1. The molecular weight excluding hydrogens is 423 g/mol. The van der Waals surface area contributed by atoms with Crippen molar-refractivity contribution in [1.29, 1.82) is 0 Å². The highest BCUT2D eigenvalue weighted by Crippen LogP contribution is 2.20. The Morgan fingerprint density at radius 3 is 2.78 bits per heavy atom. The predicted molar refractivity (Wildman–Crippen MR) is 112 cm³/mol. The molecule has 2 N–H and O–H groups in total. The first-order chi connectivity index (χ1) is 10.7. The maximum absolute atomic E-state index is 5.08. The molecule has 0 aliphatic heterocycles. The summed E-state index contributed by atoms with van der Waals surface area (Å²) in [5.41, 5.74) is 0. The Kier molecular flexibility index (Phi) is 13.8. The second kappa shape index (κ2) is 14.0. The summed E-state index contributed by atoms with van der Waals surface area (Å²) in [7, 11) is 3.83. The van der Waals surface area contributed by atoms with Gasteiger partial charge in [-0.2, -0.15) is 0 Å². The largest absolute Gasteiger partial charge is 0.383 e. The molecule has 0 aromatic carbocycles. The van der Waals surface area contributed by atoms with Crippen molar-refractivity contribution in [2.24, 2.45) is 4.99 Å². The van der Waals surface area contributed by atoms with Crippen molar-refractivity contribution in [2.45, 2.75) is 19.8 Å². The van der Waals surface area contributed by atoms with E-state index < -0.39 is 0 Å². The minimum Gasteiger partial charge on any atom is -0.383 e. The summed E-state index contributed by atoms with van der Waals surface area (Å²) in [5, 5.41) is 8.81.